The van der Waals surface area contributed by atoms with Crippen LogP contribution in [0.4, 0.5) is 10.1 Å². The summed E-state index contributed by atoms with van der Waals surface area (Å²) in [5.74, 6) is 1.43. The highest BCUT2D eigenvalue weighted by molar-refractivity contribution is 5.45. The summed E-state index contributed by atoms with van der Waals surface area (Å²) in [6.45, 7) is 0.160. The molecule has 1 aromatic carbocycles. The standard InChI is InChI=1S/C16H22FNO/c17-14-5-7-15(8-6-14)18-16(11-19)9-1-2-13(10-16)12-3-4-12/h5-8,12-13,18-19H,1-4,9-11H2. The van der Waals surface area contributed by atoms with Gasteiger partial charge in [-0.05, 0) is 61.8 Å². The van der Waals surface area contributed by atoms with Crippen molar-refractivity contribution in [2.75, 3.05) is 11.9 Å². The number of aliphatic hydroxyl groups is 1. The minimum atomic E-state index is -0.219. The summed E-state index contributed by atoms with van der Waals surface area (Å²) in [5, 5.41) is 13.3. The summed E-state index contributed by atoms with van der Waals surface area (Å²) in [7, 11) is 0. The van der Waals surface area contributed by atoms with Gasteiger partial charge in [0.05, 0.1) is 12.1 Å². The Bertz CT molecular complexity index is 429. The van der Waals surface area contributed by atoms with Crippen LogP contribution in [0.2, 0.25) is 0 Å². The van der Waals surface area contributed by atoms with Gasteiger partial charge in [0.1, 0.15) is 5.82 Å². The molecular formula is C16H22FNO. The van der Waals surface area contributed by atoms with Crippen LogP contribution in [0, 0.1) is 17.7 Å². The van der Waals surface area contributed by atoms with Crippen LogP contribution >= 0.6 is 0 Å². The van der Waals surface area contributed by atoms with Crippen LogP contribution in [0.5, 0.6) is 0 Å². The maximum absolute atomic E-state index is 12.9. The average Bonchev–Trinajstić information content (AvgIpc) is 3.26. The Hall–Kier alpha value is -1.09. The second-order valence-electron chi connectivity index (χ2n) is 6.26. The zero-order chi connectivity index (χ0) is 13.3. The Labute approximate surface area is 114 Å². The topological polar surface area (TPSA) is 32.3 Å². The number of benzene rings is 1. The molecule has 0 bridgehead atoms. The highest BCUT2D eigenvalue weighted by Crippen LogP contribution is 2.47. The van der Waals surface area contributed by atoms with E-state index in [1.807, 2.05) is 0 Å². The Morgan fingerprint density at radius 3 is 2.53 bits per heavy atom. The van der Waals surface area contributed by atoms with Crippen molar-refractivity contribution in [2.24, 2.45) is 11.8 Å². The molecule has 2 atom stereocenters. The molecule has 0 saturated heterocycles. The lowest BCUT2D eigenvalue weighted by Crippen LogP contribution is -2.46. The van der Waals surface area contributed by atoms with Crippen LogP contribution in [-0.4, -0.2) is 17.3 Å². The first kappa shape index (κ1) is 12.9. The third-order valence-corrected chi connectivity index (χ3v) is 4.73. The molecule has 2 aliphatic carbocycles. The van der Waals surface area contributed by atoms with E-state index in [0.29, 0.717) is 0 Å². The van der Waals surface area contributed by atoms with Crippen molar-refractivity contribution < 1.29 is 9.50 Å². The van der Waals surface area contributed by atoms with E-state index < -0.39 is 0 Å². The number of nitrogens with one attached hydrogen (secondary N) is 1. The molecule has 1 aromatic rings. The van der Waals surface area contributed by atoms with E-state index in [9.17, 15) is 9.50 Å². The molecule has 2 aliphatic rings. The zero-order valence-corrected chi connectivity index (χ0v) is 11.2. The van der Waals surface area contributed by atoms with Crippen LogP contribution in [0.3, 0.4) is 0 Å². The molecule has 2 saturated carbocycles. The smallest absolute Gasteiger partial charge is 0.123 e. The minimum absolute atomic E-state index is 0.160. The second kappa shape index (κ2) is 5.12. The summed E-state index contributed by atoms with van der Waals surface area (Å²) in [6.07, 6.45) is 7.26. The van der Waals surface area contributed by atoms with Gasteiger partial charge < -0.3 is 10.4 Å². The molecule has 2 fully saturated rings. The van der Waals surface area contributed by atoms with Crippen LogP contribution in [0.15, 0.2) is 24.3 Å². The monoisotopic (exact) mass is 263 g/mol. The predicted octanol–water partition coefficient (Wildman–Crippen LogP) is 3.57. The molecule has 3 heteroatoms. The zero-order valence-electron chi connectivity index (χ0n) is 11.2. The lowest BCUT2D eigenvalue weighted by atomic mass is 9.74. The number of rotatable bonds is 4. The van der Waals surface area contributed by atoms with E-state index in [-0.39, 0.29) is 18.0 Å². The summed E-state index contributed by atoms with van der Waals surface area (Å²) in [6, 6.07) is 6.45. The molecule has 2 nitrogen and oxygen atoms in total. The van der Waals surface area contributed by atoms with E-state index in [2.05, 4.69) is 5.32 Å². The predicted molar refractivity (Wildman–Crippen MR) is 74.5 cm³/mol. The van der Waals surface area contributed by atoms with Gasteiger partial charge >= 0.3 is 0 Å². The van der Waals surface area contributed by atoms with Gasteiger partial charge in [-0.25, -0.2) is 4.39 Å². The molecule has 0 heterocycles. The summed E-state index contributed by atoms with van der Waals surface area (Å²) >= 11 is 0. The Morgan fingerprint density at radius 2 is 1.89 bits per heavy atom. The molecule has 0 aromatic heterocycles. The SMILES string of the molecule is OCC1(Nc2ccc(F)cc2)CCCC(C2CC2)C1. The molecule has 0 amide bonds. The normalized spacial score (nSPS) is 31.2. The maximum atomic E-state index is 12.9. The van der Waals surface area contributed by atoms with Crippen molar-refractivity contribution in [2.45, 2.75) is 44.1 Å². The van der Waals surface area contributed by atoms with E-state index in [0.717, 1.165) is 30.4 Å². The number of hydrogen-bond donors (Lipinski definition) is 2. The molecule has 19 heavy (non-hydrogen) atoms. The molecule has 0 spiro atoms. The van der Waals surface area contributed by atoms with Gasteiger partial charge in [-0.1, -0.05) is 12.8 Å². The van der Waals surface area contributed by atoms with Gasteiger partial charge in [-0.2, -0.15) is 0 Å². The van der Waals surface area contributed by atoms with Gasteiger partial charge in [0.15, 0.2) is 0 Å². The Morgan fingerprint density at radius 1 is 1.16 bits per heavy atom. The number of anilines is 1. The van der Waals surface area contributed by atoms with Crippen LogP contribution in [0.1, 0.15) is 38.5 Å². The molecule has 0 aliphatic heterocycles. The van der Waals surface area contributed by atoms with Gasteiger partial charge in [0, 0.05) is 5.69 Å². The van der Waals surface area contributed by atoms with Crippen LogP contribution in [-0.2, 0) is 0 Å². The second-order valence-corrected chi connectivity index (χ2v) is 6.26. The van der Waals surface area contributed by atoms with E-state index in [1.54, 1.807) is 12.1 Å². The highest BCUT2D eigenvalue weighted by Gasteiger charge is 2.41. The first-order valence-corrected chi connectivity index (χ1v) is 7.35. The average molecular weight is 263 g/mol. The number of halogens is 1. The first-order valence-electron chi connectivity index (χ1n) is 7.35. The fraction of sp³-hybridized carbons (Fsp3) is 0.625. The molecule has 0 radical (unpaired) electrons. The minimum Gasteiger partial charge on any atom is -0.394 e. The van der Waals surface area contributed by atoms with Crippen molar-refractivity contribution in [1.29, 1.82) is 0 Å². The largest absolute Gasteiger partial charge is 0.394 e. The van der Waals surface area contributed by atoms with Gasteiger partial charge in [-0.3, -0.25) is 0 Å². The molecule has 2 N–H and O–H groups in total. The quantitative estimate of drug-likeness (QED) is 0.870. The lowest BCUT2D eigenvalue weighted by molar-refractivity contribution is 0.136. The highest BCUT2D eigenvalue weighted by atomic mass is 19.1. The van der Waals surface area contributed by atoms with Gasteiger partial charge in [0.2, 0.25) is 0 Å². The van der Waals surface area contributed by atoms with Crippen molar-refractivity contribution in [1.82, 2.24) is 0 Å². The first-order chi connectivity index (χ1) is 9.21. The fourth-order valence-electron chi connectivity index (χ4n) is 3.51. The van der Waals surface area contributed by atoms with E-state index in [4.69, 9.17) is 0 Å². The Balaban J connectivity index is 1.72. The number of aliphatic hydroxyl groups excluding tert-OH is 1. The summed E-state index contributed by atoms with van der Waals surface area (Å²) in [5.41, 5.74) is 0.704. The maximum Gasteiger partial charge on any atom is 0.123 e. The molecule has 3 rings (SSSR count). The lowest BCUT2D eigenvalue weighted by Gasteiger charge is -2.41. The summed E-state index contributed by atoms with van der Waals surface area (Å²) in [4.78, 5) is 0. The van der Waals surface area contributed by atoms with Crippen molar-refractivity contribution in [3.8, 4) is 0 Å². The van der Waals surface area contributed by atoms with E-state index >= 15 is 0 Å². The summed E-state index contributed by atoms with van der Waals surface area (Å²) < 4.78 is 12.9. The molecule has 2 unspecified atom stereocenters. The third kappa shape index (κ3) is 2.92. The third-order valence-electron chi connectivity index (χ3n) is 4.73. The van der Waals surface area contributed by atoms with Crippen molar-refractivity contribution in [3.05, 3.63) is 30.1 Å². The molecular weight excluding hydrogens is 241 g/mol. The van der Waals surface area contributed by atoms with E-state index in [1.165, 1.54) is 37.8 Å². The fourth-order valence-corrected chi connectivity index (χ4v) is 3.51. The van der Waals surface area contributed by atoms with Crippen molar-refractivity contribution >= 4 is 5.69 Å². The van der Waals surface area contributed by atoms with Gasteiger partial charge in [-0.15, -0.1) is 0 Å². The van der Waals surface area contributed by atoms with Gasteiger partial charge in [0.25, 0.3) is 0 Å². The van der Waals surface area contributed by atoms with Crippen LogP contribution in [0.25, 0.3) is 0 Å². The Kier molecular flexibility index (Phi) is 3.48. The molecule has 104 valence electrons. The van der Waals surface area contributed by atoms with Crippen LogP contribution < -0.4 is 5.32 Å². The number of hydrogen-bond acceptors (Lipinski definition) is 2. The van der Waals surface area contributed by atoms with Crippen molar-refractivity contribution in [3.63, 3.8) is 0 Å².